The van der Waals surface area contributed by atoms with Crippen LogP contribution in [0.3, 0.4) is 0 Å². The van der Waals surface area contributed by atoms with E-state index in [0.29, 0.717) is 0 Å². The van der Waals surface area contributed by atoms with Crippen LogP contribution in [0, 0.1) is 6.92 Å². The molecule has 0 saturated heterocycles. The molecular weight excluding hydrogens is 282 g/mol. The minimum Gasteiger partial charge on any atom is -0.365 e. The van der Waals surface area contributed by atoms with Crippen LogP contribution in [-0.4, -0.2) is 11.5 Å². The zero-order valence-electron chi connectivity index (χ0n) is 12.8. The molecule has 0 spiro atoms. The van der Waals surface area contributed by atoms with Crippen molar-refractivity contribution in [3.8, 4) is 0 Å². The fraction of sp³-hybridized carbons (Fsp3) is 0.353. The number of pyridine rings is 1. The predicted molar refractivity (Wildman–Crippen MR) is 89.8 cm³/mol. The molecule has 2 rings (SSSR count). The van der Waals surface area contributed by atoms with Gasteiger partial charge in [0.15, 0.2) is 0 Å². The zero-order valence-corrected chi connectivity index (χ0v) is 13.6. The largest absolute Gasteiger partial charge is 0.365 e. The van der Waals surface area contributed by atoms with Crippen LogP contribution in [0.2, 0.25) is 5.02 Å². The van der Waals surface area contributed by atoms with Crippen LogP contribution in [0.4, 0.5) is 5.69 Å². The molecule has 0 fully saturated rings. The zero-order chi connectivity index (χ0) is 15.4. The Morgan fingerprint density at radius 3 is 2.62 bits per heavy atom. The lowest BCUT2D eigenvalue weighted by molar-refractivity contribution is 0.798. The Hall–Kier alpha value is -1.58. The van der Waals surface area contributed by atoms with Gasteiger partial charge in [0.05, 0.1) is 22.9 Å². The summed E-state index contributed by atoms with van der Waals surface area (Å²) in [6.07, 6.45) is 0. The third kappa shape index (κ3) is 3.96. The molecule has 0 saturated carbocycles. The number of anilines is 1. The molecule has 1 heterocycles. The van der Waals surface area contributed by atoms with E-state index in [-0.39, 0.29) is 6.04 Å². The number of rotatable bonds is 5. The van der Waals surface area contributed by atoms with Crippen LogP contribution in [0.15, 0.2) is 36.4 Å². The molecule has 0 amide bonds. The highest BCUT2D eigenvalue weighted by Crippen LogP contribution is 2.29. The summed E-state index contributed by atoms with van der Waals surface area (Å²) in [7, 11) is 0. The molecule has 112 valence electrons. The van der Waals surface area contributed by atoms with Gasteiger partial charge in [-0.15, -0.1) is 0 Å². The first kappa shape index (κ1) is 15.8. The Morgan fingerprint density at radius 1 is 1.29 bits per heavy atom. The van der Waals surface area contributed by atoms with Gasteiger partial charge in [0, 0.05) is 18.3 Å². The fourth-order valence-corrected chi connectivity index (χ4v) is 2.62. The van der Waals surface area contributed by atoms with Crippen LogP contribution < -0.4 is 10.6 Å². The Bertz CT molecular complexity index is 611. The Balaban J connectivity index is 2.25. The number of halogens is 1. The minimum absolute atomic E-state index is 0.00920. The quantitative estimate of drug-likeness (QED) is 0.904. The Labute approximate surface area is 131 Å². The Morgan fingerprint density at radius 2 is 2.05 bits per heavy atom. The highest BCUT2D eigenvalue weighted by molar-refractivity contribution is 6.33. The first-order valence-electron chi connectivity index (χ1n) is 7.23. The van der Waals surface area contributed by atoms with E-state index in [0.717, 1.165) is 40.8 Å². The summed E-state index contributed by atoms with van der Waals surface area (Å²) in [5, 5.41) is 0.735. The number of aryl methyl sites for hydroxylation is 1. The number of hydrogen-bond acceptors (Lipinski definition) is 3. The highest BCUT2D eigenvalue weighted by Gasteiger charge is 2.12. The third-order valence-electron chi connectivity index (χ3n) is 3.52. The SMILES string of the molecule is CCN(Cc1cccc(C)n1)c1ccc([C@@H](C)N)cc1Cl. The van der Waals surface area contributed by atoms with E-state index in [4.69, 9.17) is 17.3 Å². The summed E-state index contributed by atoms with van der Waals surface area (Å²) in [6, 6.07) is 12.1. The summed E-state index contributed by atoms with van der Waals surface area (Å²) in [5.41, 5.74) is 10.0. The van der Waals surface area contributed by atoms with Crippen molar-refractivity contribution >= 4 is 17.3 Å². The van der Waals surface area contributed by atoms with Crippen molar-refractivity contribution in [2.45, 2.75) is 33.4 Å². The molecule has 4 heteroatoms. The van der Waals surface area contributed by atoms with Crippen molar-refractivity contribution in [2.75, 3.05) is 11.4 Å². The predicted octanol–water partition coefficient (Wildman–Crippen LogP) is 4.09. The van der Waals surface area contributed by atoms with Crippen molar-refractivity contribution in [2.24, 2.45) is 5.73 Å². The van der Waals surface area contributed by atoms with Crippen LogP contribution in [-0.2, 0) is 6.54 Å². The van der Waals surface area contributed by atoms with Crippen LogP contribution >= 0.6 is 11.6 Å². The highest BCUT2D eigenvalue weighted by atomic mass is 35.5. The van der Waals surface area contributed by atoms with Gasteiger partial charge in [0.25, 0.3) is 0 Å². The Kier molecular flexibility index (Phi) is 5.21. The van der Waals surface area contributed by atoms with E-state index in [9.17, 15) is 0 Å². The molecule has 1 aromatic carbocycles. The van der Waals surface area contributed by atoms with E-state index in [1.54, 1.807) is 0 Å². The van der Waals surface area contributed by atoms with E-state index < -0.39 is 0 Å². The number of hydrogen-bond donors (Lipinski definition) is 1. The molecule has 0 aliphatic carbocycles. The second kappa shape index (κ2) is 6.92. The minimum atomic E-state index is -0.00920. The number of benzene rings is 1. The third-order valence-corrected chi connectivity index (χ3v) is 3.82. The molecular formula is C17H22ClN3. The molecule has 3 nitrogen and oxygen atoms in total. The number of aromatic nitrogens is 1. The van der Waals surface area contributed by atoms with Gasteiger partial charge < -0.3 is 10.6 Å². The average molecular weight is 304 g/mol. The molecule has 0 aliphatic heterocycles. The first-order chi connectivity index (χ1) is 10.0. The molecule has 2 N–H and O–H groups in total. The summed E-state index contributed by atoms with van der Waals surface area (Å²) in [6.45, 7) is 7.69. The van der Waals surface area contributed by atoms with Gasteiger partial charge in [-0.2, -0.15) is 0 Å². The van der Waals surface area contributed by atoms with E-state index >= 15 is 0 Å². The van der Waals surface area contributed by atoms with Crippen LogP contribution in [0.5, 0.6) is 0 Å². The molecule has 2 aromatic rings. The van der Waals surface area contributed by atoms with Gasteiger partial charge in [0.1, 0.15) is 0 Å². The summed E-state index contributed by atoms with van der Waals surface area (Å²) in [5.74, 6) is 0. The topological polar surface area (TPSA) is 42.2 Å². The van der Waals surface area contributed by atoms with Gasteiger partial charge in [-0.1, -0.05) is 23.7 Å². The maximum atomic E-state index is 6.43. The molecule has 1 atom stereocenters. The van der Waals surface area contributed by atoms with Gasteiger partial charge in [-0.05, 0) is 50.6 Å². The van der Waals surface area contributed by atoms with E-state index in [1.807, 2.05) is 50.2 Å². The van der Waals surface area contributed by atoms with Crippen molar-refractivity contribution in [3.63, 3.8) is 0 Å². The maximum Gasteiger partial charge on any atom is 0.0643 e. The molecule has 0 aliphatic rings. The molecule has 0 unspecified atom stereocenters. The van der Waals surface area contributed by atoms with Gasteiger partial charge in [-0.3, -0.25) is 4.98 Å². The molecule has 21 heavy (non-hydrogen) atoms. The van der Waals surface area contributed by atoms with Crippen molar-refractivity contribution < 1.29 is 0 Å². The molecule has 0 radical (unpaired) electrons. The summed E-state index contributed by atoms with van der Waals surface area (Å²) >= 11 is 6.43. The van der Waals surface area contributed by atoms with Gasteiger partial charge in [-0.25, -0.2) is 0 Å². The maximum absolute atomic E-state index is 6.43. The number of nitrogens with two attached hydrogens (primary N) is 1. The summed E-state index contributed by atoms with van der Waals surface area (Å²) in [4.78, 5) is 6.77. The van der Waals surface area contributed by atoms with Crippen molar-refractivity contribution in [3.05, 3.63) is 58.4 Å². The van der Waals surface area contributed by atoms with Crippen LogP contribution in [0.1, 0.15) is 36.8 Å². The van der Waals surface area contributed by atoms with Gasteiger partial charge in [0.2, 0.25) is 0 Å². The van der Waals surface area contributed by atoms with Crippen molar-refractivity contribution in [1.29, 1.82) is 0 Å². The monoisotopic (exact) mass is 303 g/mol. The van der Waals surface area contributed by atoms with Gasteiger partial charge >= 0.3 is 0 Å². The second-order valence-electron chi connectivity index (χ2n) is 5.28. The molecule has 1 aromatic heterocycles. The lowest BCUT2D eigenvalue weighted by atomic mass is 10.1. The fourth-order valence-electron chi connectivity index (χ4n) is 2.31. The van der Waals surface area contributed by atoms with Crippen molar-refractivity contribution in [1.82, 2.24) is 4.98 Å². The standard InChI is InChI=1S/C17H22ClN3/c1-4-21(11-15-7-5-6-12(2)20-15)17-9-8-14(13(3)19)10-16(17)18/h5-10,13H,4,11,19H2,1-3H3/t13-/m1/s1. The van der Waals surface area contributed by atoms with E-state index in [1.165, 1.54) is 0 Å². The average Bonchev–Trinajstić information content (AvgIpc) is 2.45. The smallest absolute Gasteiger partial charge is 0.0643 e. The lowest BCUT2D eigenvalue weighted by Gasteiger charge is -2.24. The lowest BCUT2D eigenvalue weighted by Crippen LogP contribution is -2.23. The first-order valence-corrected chi connectivity index (χ1v) is 7.61. The number of nitrogens with zero attached hydrogens (tertiary/aromatic N) is 2. The summed E-state index contributed by atoms with van der Waals surface area (Å²) < 4.78 is 0. The normalized spacial score (nSPS) is 12.2. The molecule has 0 bridgehead atoms. The van der Waals surface area contributed by atoms with Crippen LogP contribution in [0.25, 0.3) is 0 Å². The van der Waals surface area contributed by atoms with E-state index in [2.05, 4.69) is 16.8 Å². The second-order valence-corrected chi connectivity index (χ2v) is 5.69.